The molecule has 28 heavy (non-hydrogen) atoms. The second-order valence-electron chi connectivity index (χ2n) is 7.69. The molecule has 1 aromatic heterocycles. The summed E-state index contributed by atoms with van der Waals surface area (Å²) in [6.07, 6.45) is -2.73. The van der Waals surface area contributed by atoms with Crippen molar-refractivity contribution < 1.29 is 22.7 Å². The van der Waals surface area contributed by atoms with Crippen LogP contribution in [-0.4, -0.2) is 29.3 Å². The second-order valence-corrected chi connectivity index (χ2v) is 7.69. The highest BCUT2D eigenvalue weighted by Gasteiger charge is 2.32. The van der Waals surface area contributed by atoms with Crippen molar-refractivity contribution in [1.29, 1.82) is 0 Å². The van der Waals surface area contributed by atoms with Gasteiger partial charge in [0.05, 0.1) is 11.6 Å². The molecule has 0 bridgehead atoms. The third kappa shape index (κ3) is 4.74. The number of ether oxygens (including phenoxy) is 1. The summed E-state index contributed by atoms with van der Waals surface area (Å²) in [6.45, 7) is 5.71. The minimum absolute atomic E-state index is 0.270. The molecule has 0 spiro atoms. The summed E-state index contributed by atoms with van der Waals surface area (Å²) in [5, 5.41) is 2.84. The van der Waals surface area contributed by atoms with Gasteiger partial charge in [0.1, 0.15) is 11.4 Å². The van der Waals surface area contributed by atoms with Crippen molar-refractivity contribution in [2.24, 2.45) is 0 Å². The number of carbonyl (C=O) groups excluding carboxylic acids is 1. The molecule has 2 heterocycles. The highest BCUT2D eigenvalue weighted by molar-refractivity contribution is 5.70. The number of nitrogens with zero attached hydrogens (tertiary/aromatic N) is 2. The van der Waals surface area contributed by atoms with Gasteiger partial charge in [-0.05, 0) is 63.1 Å². The normalized spacial score (nSPS) is 17.1. The molecule has 0 saturated carbocycles. The maximum atomic E-state index is 12.9. The number of amides is 1. The number of halogens is 3. The van der Waals surface area contributed by atoms with Crippen LogP contribution >= 0.6 is 0 Å². The molecule has 1 N–H and O–H groups in total. The standard InChI is InChI=1S/C20H22F3N3O2/c1-19(2,3)28-18(27)25-15-11-13-5-4-10-24-17(13)26(12-15)16-8-6-14(7-9-16)20(21,22)23/h4-10,15H,11-12H2,1-3H3,(H,25,27). The van der Waals surface area contributed by atoms with E-state index in [-0.39, 0.29) is 6.04 Å². The monoisotopic (exact) mass is 393 g/mol. The number of benzene rings is 1. The number of aromatic nitrogens is 1. The fraction of sp³-hybridized carbons (Fsp3) is 0.400. The summed E-state index contributed by atoms with van der Waals surface area (Å²) < 4.78 is 43.9. The molecule has 1 atom stereocenters. The van der Waals surface area contributed by atoms with Gasteiger partial charge >= 0.3 is 12.3 Å². The molecular weight excluding hydrogens is 371 g/mol. The number of alkyl carbamates (subject to hydrolysis) is 1. The molecule has 3 rings (SSSR count). The van der Waals surface area contributed by atoms with Crippen LogP contribution in [0.2, 0.25) is 0 Å². The molecule has 2 aromatic rings. The maximum Gasteiger partial charge on any atom is 0.416 e. The minimum Gasteiger partial charge on any atom is -0.444 e. The molecular formula is C20H22F3N3O2. The summed E-state index contributed by atoms with van der Waals surface area (Å²) in [5.41, 5.74) is 0.141. The van der Waals surface area contributed by atoms with Gasteiger partial charge in [-0.25, -0.2) is 9.78 Å². The van der Waals surface area contributed by atoms with Crippen molar-refractivity contribution in [2.75, 3.05) is 11.4 Å². The van der Waals surface area contributed by atoms with E-state index < -0.39 is 23.4 Å². The van der Waals surface area contributed by atoms with Crippen LogP contribution in [0.4, 0.5) is 29.5 Å². The van der Waals surface area contributed by atoms with Crippen LogP contribution in [0.1, 0.15) is 31.9 Å². The maximum absolute atomic E-state index is 12.9. The Morgan fingerprint density at radius 3 is 2.46 bits per heavy atom. The number of hydrogen-bond donors (Lipinski definition) is 1. The van der Waals surface area contributed by atoms with Crippen LogP contribution in [0.25, 0.3) is 0 Å². The third-order valence-corrected chi connectivity index (χ3v) is 4.22. The highest BCUT2D eigenvalue weighted by Crippen LogP contribution is 2.34. The van der Waals surface area contributed by atoms with Gasteiger partial charge in [0, 0.05) is 18.4 Å². The average molecular weight is 393 g/mol. The number of anilines is 2. The Balaban J connectivity index is 1.84. The predicted molar refractivity (Wildman–Crippen MR) is 99.5 cm³/mol. The van der Waals surface area contributed by atoms with Gasteiger partial charge < -0.3 is 15.0 Å². The SMILES string of the molecule is CC(C)(C)OC(=O)NC1Cc2cccnc2N(c2ccc(C(F)(F)F)cc2)C1. The molecule has 1 aliphatic rings. The van der Waals surface area contributed by atoms with Gasteiger partial charge in [0.2, 0.25) is 0 Å². The van der Waals surface area contributed by atoms with E-state index >= 15 is 0 Å². The Morgan fingerprint density at radius 1 is 1.18 bits per heavy atom. The summed E-state index contributed by atoms with van der Waals surface area (Å²) in [4.78, 5) is 18.3. The van der Waals surface area contributed by atoms with Crippen molar-refractivity contribution in [1.82, 2.24) is 10.3 Å². The number of alkyl halides is 3. The Labute approximate surface area is 161 Å². The van der Waals surface area contributed by atoms with Gasteiger partial charge in [0.15, 0.2) is 0 Å². The molecule has 8 heteroatoms. The van der Waals surface area contributed by atoms with Gasteiger partial charge in [-0.1, -0.05) is 6.07 Å². The first-order valence-electron chi connectivity index (χ1n) is 8.91. The Morgan fingerprint density at radius 2 is 1.86 bits per heavy atom. The van der Waals surface area contributed by atoms with Crippen LogP contribution < -0.4 is 10.2 Å². The Hall–Kier alpha value is -2.77. The van der Waals surface area contributed by atoms with E-state index in [2.05, 4.69) is 10.3 Å². The van der Waals surface area contributed by atoms with E-state index in [9.17, 15) is 18.0 Å². The lowest BCUT2D eigenvalue weighted by Crippen LogP contribution is -2.48. The van der Waals surface area contributed by atoms with E-state index in [1.807, 2.05) is 6.07 Å². The summed E-state index contributed by atoms with van der Waals surface area (Å²) in [7, 11) is 0. The third-order valence-electron chi connectivity index (χ3n) is 4.22. The summed E-state index contributed by atoms with van der Waals surface area (Å²) >= 11 is 0. The topological polar surface area (TPSA) is 54.5 Å². The minimum atomic E-state index is -4.39. The molecule has 5 nitrogen and oxygen atoms in total. The fourth-order valence-electron chi connectivity index (χ4n) is 3.10. The lowest BCUT2D eigenvalue weighted by Gasteiger charge is -2.35. The van der Waals surface area contributed by atoms with E-state index in [4.69, 9.17) is 4.74 Å². The van der Waals surface area contributed by atoms with Gasteiger partial charge in [-0.3, -0.25) is 0 Å². The first-order valence-corrected chi connectivity index (χ1v) is 8.91. The first kappa shape index (κ1) is 20.0. The van der Waals surface area contributed by atoms with E-state index in [0.717, 1.165) is 17.7 Å². The van der Waals surface area contributed by atoms with Gasteiger partial charge in [-0.15, -0.1) is 0 Å². The molecule has 1 unspecified atom stereocenters. The van der Waals surface area contributed by atoms with Crippen molar-refractivity contribution in [2.45, 2.75) is 45.0 Å². The number of rotatable bonds is 2. The van der Waals surface area contributed by atoms with Crippen molar-refractivity contribution >= 4 is 17.6 Å². The zero-order valence-electron chi connectivity index (χ0n) is 15.9. The lowest BCUT2D eigenvalue weighted by atomic mass is 10.00. The molecule has 1 aromatic carbocycles. The smallest absolute Gasteiger partial charge is 0.416 e. The van der Waals surface area contributed by atoms with Crippen molar-refractivity contribution in [3.8, 4) is 0 Å². The van der Waals surface area contributed by atoms with Crippen LogP contribution in [0, 0.1) is 0 Å². The first-order chi connectivity index (χ1) is 13.0. The summed E-state index contributed by atoms with van der Waals surface area (Å²) in [6, 6.07) is 8.33. The van der Waals surface area contributed by atoms with Crippen LogP contribution in [0.15, 0.2) is 42.6 Å². The number of nitrogens with one attached hydrogen (secondary N) is 1. The Bertz CT molecular complexity index is 845. The Kier molecular flexibility index (Phi) is 5.23. The second kappa shape index (κ2) is 7.33. The average Bonchev–Trinajstić information content (AvgIpc) is 2.58. The molecule has 150 valence electrons. The van der Waals surface area contributed by atoms with Gasteiger partial charge in [-0.2, -0.15) is 13.2 Å². The van der Waals surface area contributed by atoms with Crippen LogP contribution in [0.3, 0.4) is 0 Å². The predicted octanol–water partition coefficient (Wildman–Crippen LogP) is 4.69. The molecule has 0 aliphatic carbocycles. The number of pyridine rings is 1. The number of fused-ring (bicyclic) bond motifs is 1. The molecule has 0 saturated heterocycles. The van der Waals surface area contributed by atoms with Crippen LogP contribution in [-0.2, 0) is 17.3 Å². The molecule has 0 fully saturated rings. The zero-order valence-corrected chi connectivity index (χ0v) is 15.9. The van der Waals surface area contributed by atoms with Crippen molar-refractivity contribution in [3.63, 3.8) is 0 Å². The zero-order chi connectivity index (χ0) is 20.5. The largest absolute Gasteiger partial charge is 0.444 e. The van der Waals surface area contributed by atoms with Gasteiger partial charge in [0.25, 0.3) is 0 Å². The van der Waals surface area contributed by atoms with Crippen LogP contribution in [0.5, 0.6) is 0 Å². The van der Waals surface area contributed by atoms with E-state index in [1.54, 1.807) is 37.9 Å². The van der Waals surface area contributed by atoms with E-state index in [1.165, 1.54) is 12.1 Å². The quantitative estimate of drug-likeness (QED) is 0.804. The molecule has 1 aliphatic heterocycles. The number of carbonyl (C=O) groups is 1. The number of hydrogen-bond acceptors (Lipinski definition) is 4. The lowest BCUT2D eigenvalue weighted by molar-refractivity contribution is -0.137. The van der Waals surface area contributed by atoms with Crippen molar-refractivity contribution in [3.05, 3.63) is 53.7 Å². The van der Waals surface area contributed by atoms with E-state index in [0.29, 0.717) is 24.5 Å². The molecule has 0 radical (unpaired) electrons. The highest BCUT2D eigenvalue weighted by atomic mass is 19.4. The fourth-order valence-corrected chi connectivity index (χ4v) is 3.10. The summed E-state index contributed by atoms with van der Waals surface area (Å²) in [5.74, 6) is 0.671. The molecule has 1 amide bonds.